The van der Waals surface area contributed by atoms with Crippen molar-refractivity contribution in [1.82, 2.24) is 0 Å². The highest BCUT2D eigenvalue weighted by Gasteiger charge is 2.17. The zero-order valence-electron chi connectivity index (χ0n) is 7.13. The molecule has 3 heteroatoms. The molecule has 0 fully saturated rings. The van der Waals surface area contributed by atoms with Crippen LogP contribution >= 0.6 is 22.9 Å². The quantitative estimate of drug-likeness (QED) is 0.689. The van der Waals surface area contributed by atoms with E-state index >= 15 is 0 Å². The Morgan fingerprint density at radius 1 is 1.58 bits per heavy atom. The van der Waals surface area contributed by atoms with Gasteiger partial charge in [0.05, 0.1) is 4.34 Å². The molecule has 0 saturated carbocycles. The van der Waals surface area contributed by atoms with Gasteiger partial charge in [-0.2, -0.15) is 0 Å². The van der Waals surface area contributed by atoms with E-state index in [2.05, 4.69) is 0 Å². The van der Waals surface area contributed by atoms with Crippen molar-refractivity contribution in [2.45, 2.75) is 20.3 Å². The highest BCUT2D eigenvalue weighted by Crippen LogP contribution is 2.27. The molecular weight excluding hydrogens is 192 g/mol. The van der Waals surface area contributed by atoms with Gasteiger partial charge < -0.3 is 4.79 Å². The van der Waals surface area contributed by atoms with E-state index in [4.69, 9.17) is 11.6 Å². The normalized spacial score (nSPS) is 11.6. The Morgan fingerprint density at radius 3 is 2.67 bits per heavy atom. The van der Waals surface area contributed by atoms with Gasteiger partial charge in [0.2, 0.25) is 0 Å². The topological polar surface area (TPSA) is 17.1 Å². The lowest BCUT2D eigenvalue weighted by molar-refractivity contribution is -0.114. The Labute approximate surface area is 81.4 Å². The molecule has 0 N–H and O–H groups in total. The lowest BCUT2D eigenvalue weighted by Crippen LogP contribution is -2.15. The van der Waals surface area contributed by atoms with Crippen molar-refractivity contribution in [2.75, 3.05) is 0 Å². The van der Waals surface area contributed by atoms with Crippen LogP contribution < -0.4 is 0 Å². The van der Waals surface area contributed by atoms with Gasteiger partial charge in [0.25, 0.3) is 0 Å². The summed E-state index contributed by atoms with van der Waals surface area (Å²) in [6.45, 7) is 3.85. The van der Waals surface area contributed by atoms with Crippen molar-refractivity contribution in [1.29, 1.82) is 0 Å². The minimum absolute atomic E-state index is 0.270. The SMILES string of the molecule is CC(C)(C=O)Cc1ccc(Cl)s1. The third-order valence-electron chi connectivity index (χ3n) is 1.58. The first kappa shape index (κ1) is 9.75. The summed E-state index contributed by atoms with van der Waals surface area (Å²) in [5.74, 6) is 0. The van der Waals surface area contributed by atoms with Crippen LogP contribution in [0.4, 0.5) is 0 Å². The maximum absolute atomic E-state index is 10.6. The van der Waals surface area contributed by atoms with E-state index in [1.165, 1.54) is 11.3 Å². The van der Waals surface area contributed by atoms with E-state index in [9.17, 15) is 4.79 Å². The molecule has 1 rings (SSSR count). The van der Waals surface area contributed by atoms with E-state index in [1.807, 2.05) is 26.0 Å². The molecule has 0 saturated heterocycles. The second-order valence-corrected chi connectivity index (χ2v) is 5.29. The van der Waals surface area contributed by atoms with Gasteiger partial charge in [-0.15, -0.1) is 11.3 Å². The summed E-state index contributed by atoms with van der Waals surface area (Å²) in [4.78, 5) is 11.8. The van der Waals surface area contributed by atoms with E-state index in [0.29, 0.717) is 0 Å². The molecular formula is C9H11ClOS. The Balaban J connectivity index is 2.69. The van der Waals surface area contributed by atoms with Crippen LogP contribution in [0.3, 0.4) is 0 Å². The lowest BCUT2D eigenvalue weighted by atomic mass is 9.91. The molecule has 0 radical (unpaired) electrons. The molecule has 0 aliphatic carbocycles. The molecule has 1 aromatic rings. The van der Waals surface area contributed by atoms with Crippen LogP contribution in [-0.2, 0) is 11.2 Å². The zero-order valence-corrected chi connectivity index (χ0v) is 8.71. The first-order valence-electron chi connectivity index (χ1n) is 3.74. The molecule has 0 unspecified atom stereocenters. The number of hydrogen-bond acceptors (Lipinski definition) is 2. The minimum atomic E-state index is -0.270. The van der Waals surface area contributed by atoms with Crippen LogP contribution in [0, 0.1) is 5.41 Å². The molecule has 66 valence electrons. The number of thiophene rings is 1. The van der Waals surface area contributed by atoms with Gasteiger partial charge >= 0.3 is 0 Å². The predicted molar refractivity (Wildman–Crippen MR) is 52.9 cm³/mol. The molecule has 0 aliphatic heterocycles. The monoisotopic (exact) mass is 202 g/mol. The van der Waals surface area contributed by atoms with E-state index in [0.717, 1.165) is 21.9 Å². The summed E-state index contributed by atoms with van der Waals surface area (Å²) in [6.07, 6.45) is 1.76. The summed E-state index contributed by atoms with van der Waals surface area (Å²) in [5, 5.41) is 0. The lowest BCUT2D eigenvalue weighted by Gasteiger charge is -2.14. The molecule has 0 bridgehead atoms. The van der Waals surface area contributed by atoms with Crippen LogP contribution in [0.25, 0.3) is 0 Å². The summed E-state index contributed by atoms with van der Waals surface area (Å²) in [5.41, 5.74) is -0.270. The second-order valence-electron chi connectivity index (χ2n) is 3.49. The van der Waals surface area contributed by atoms with Gasteiger partial charge in [-0.05, 0) is 18.6 Å². The molecule has 0 spiro atoms. The standard InChI is InChI=1S/C9H11ClOS/c1-9(2,6-11)5-7-3-4-8(10)12-7/h3-4,6H,5H2,1-2H3. The van der Waals surface area contributed by atoms with Gasteiger partial charge in [-0.25, -0.2) is 0 Å². The summed E-state index contributed by atoms with van der Waals surface area (Å²) >= 11 is 7.30. The highest BCUT2D eigenvalue weighted by molar-refractivity contribution is 7.16. The summed E-state index contributed by atoms with van der Waals surface area (Å²) in [7, 11) is 0. The van der Waals surface area contributed by atoms with Crippen molar-refractivity contribution in [3.8, 4) is 0 Å². The van der Waals surface area contributed by atoms with E-state index < -0.39 is 0 Å². The molecule has 1 aromatic heterocycles. The first-order chi connectivity index (χ1) is 5.53. The minimum Gasteiger partial charge on any atom is -0.303 e. The Hall–Kier alpha value is -0.340. The van der Waals surface area contributed by atoms with Crippen molar-refractivity contribution in [3.63, 3.8) is 0 Å². The van der Waals surface area contributed by atoms with Gasteiger partial charge in [-0.1, -0.05) is 25.4 Å². The number of carbonyl (C=O) groups excluding carboxylic acids is 1. The Bertz CT molecular complexity index is 278. The molecule has 12 heavy (non-hydrogen) atoms. The van der Waals surface area contributed by atoms with Crippen molar-refractivity contribution < 1.29 is 4.79 Å². The van der Waals surface area contributed by atoms with Gasteiger partial charge in [-0.3, -0.25) is 0 Å². The maximum atomic E-state index is 10.6. The Kier molecular flexibility index (Phi) is 2.91. The van der Waals surface area contributed by atoms with Crippen LogP contribution in [-0.4, -0.2) is 6.29 Å². The van der Waals surface area contributed by atoms with Crippen molar-refractivity contribution in [2.24, 2.45) is 5.41 Å². The second kappa shape index (κ2) is 3.58. The van der Waals surface area contributed by atoms with Crippen LogP contribution in [0.5, 0.6) is 0 Å². The van der Waals surface area contributed by atoms with E-state index in [-0.39, 0.29) is 5.41 Å². The number of aldehydes is 1. The highest BCUT2D eigenvalue weighted by atomic mass is 35.5. The number of carbonyl (C=O) groups is 1. The van der Waals surface area contributed by atoms with Crippen molar-refractivity contribution in [3.05, 3.63) is 21.3 Å². The largest absolute Gasteiger partial charge is 0.303 e. The fourth-order valence-corrected chi connectivity index (χ4v) is 2.26. The predicted octanol–water partition coefficient (Wildman–Crippen LogP) is 3.17. The number of hydrogen-bond donors (Lipinski definition) is 0. The molecule has 1 heterocycles. The first-order valence-corrected chi connectivity index (χ1v) is 4.93. The molecule has 1 nitrogen and oxygen atoms in total. The van der Waals surface area contributed by atoms with Crippen LogP contribution in [0.1, 0.15) is 18.7 Å². The number of halogens is 1. The maximum Gasteiger partial charge on any atom is 0.125 e. The molecule has 0 aromatic carbocycles. The van der Waals surface area contributed by atoms with Gasteiger partial charge in [0, 0.05) is 10.3 Å². The molecule has 0 atom stereocenters. The zero-order chi connectivity index (χ0) is 9.19. The number of rotatable bonds is 3. The van der Waals surface area contributed by atoms with Gasteiger partial charge in [0.1, 0.15) is 6.29 Å². The van der Waals surface area contributed by atoms with Gasteiger partial charge in [0.15, 0.2) is 0 Å². The fourth-order valence-electron chi connectivity index (χ4n) is 0.937. The average Bonchev–Trinajstić information content (AvgIpc) is 2.35. The smallest absolute Gasteiger partial charge is 0.125 e. The molecule has 0 amide bonds. The summed E-state index contributed by atoms with van der Waals surface area (Å²) < 4.78 is 0.784. The van der Waals surface area contributed by atoms with Crippen molar-refractivity contribution >= 4 is 29.2 Å². The average molecular weight is 203 g/mol. The molecule has 0 aliphatic rings. The van der Waals surface area contributed by atoms with Crippen LogP contribution in [0.15, 0.2) is 12.1 Å². The van der Waals surface area contributed by atoms with E-state index in [1.54, 1.807) is 0 Å². The fraction of sp³-hybridized carbons (Fsp3) is 0.444. The Morgan fingerprint density at radius 2 is 2.25 bits per heavy atom. The third-order valence-corrected chi connectivity index (χ3v) is 2.81. The summed E-state index contributed by atoms with van der Waals surface area (Å²) in [6, 6.07) is 3.83. The van der Waals surface area contributed by atoms with Crippen LogP contribution in [0.2, 0.25) is 4.34 Å². The third kappa shape index (κ3) is 2.61.